The van der Waals surface area contributed by atoms with E-state index in [1.54, 1.807) is 22.9 Å². The molecule has 0 spiro atoms. The number of carbonyl (C=O) groups excluding carboxylic acids is 1. The van der Waals surface area contributed by atoms with Gasteiger partial charge in [0, 0.05) is 11.6 Å². The van der Waals surface area contributed by atoms with Crippen molar-refractivity contribution in [3.63, 3.8) is 0 Å². The summed E-state index contributed by atoms with van der Waals surface area (Å²) in [4.78, 5) is 12.7. The standard InChI is InChI=1S/C22H17N3O2/c26-20-14-8-7-13-18(20)22(27)23-21-15-19(16-9-3-1-4-10-16)24-25(21)17-11-5-2-6-12-17/h1-15,26H,(H,23,27). The third kappa shape index (κ3) is 3.43. The average Bonchev–Trinajstić information content (AvgIpc) is 3.13. The molecule has 0 saturated heterocycles. The number of hydrogen-bond donors (Lipinski definition) is 2. The molecule has 27 heavy (non-hydrogen) atoms. The average molecular weight is 355 g/mol. The Kier molecular flexibility index (Phi) is 4.41. The summed E-state index contributed by atoms with van der Waals surface area (Å²) in [6.07, 6.45) is 0. The van der Waals surface area contributed by atoms with Gasteiger partial charge in [-0.3, -0.25) is 4.79 Å². The first kappa shape index (κ1) is 16.6. The normalized spacial score (nSPS) is 10.5. The van der Waals surface area contributed by atoms with Gasteiger partial charge in [-0.2, -0.15) is 5.10 Å². The lowest BCUT2D eigenvalue weighted by atomic mass is 10.1. The van der Waals surface area contributed by atoms with Crippen molar-refractivity contribution in [1.29, 1.82) is 0 Å². The van der Waals surface area contributed by atoms with Crippen LogP contribution in [0.15, 0.2) is 91.0 Å². The topological polar surface area (TPSA) is 67.2 Å². The van der Waals surface area contributed by atoms with Crippen LogP contribution >= 0.6 is 0 Å². The van der Waals surface area contributed by atoms with Crippen LogP contribution in [-0.4, -0.2) is 20.8 Å². The van der Waals surface area contributed by atoms with Crippen LogP contribution in [0.1, 0.15) is 10.4 Å². The zero-order valence-corrected chi connectivity index (χ0v) is 14.4. The lowest BCUT2D eigenvalue weighted by Gasteiger charge is -2.09. The molecule has 132 valence electrons. The maximum absolute atomic E-state index is 12.7. The SMILES string of the molecule is O=C(Nc1cc(-c2ccccc2)nn1-c1ccccc1)c1ccccc1O. The molecular weight excluding hydrogens is 338 g/mol. The molecule has 0 radical (unpaired) electrons. The number of hydrogen-bond acceptors (Lipinski definition) is 3. The van der Waals surface area contributed by atoms with E-state index in [1.807, 2.05) is 66.7 Å². The van der Waals surface area contributed by atoms with Crippen molar-refractivity contribution in [3.8, 4) is 22.7 Å². The van der Waals surface area contributed by atoms with E-state index >= 15 is 0 Å². The number of nitrogens with zero attached hydrogens (tertiary/aromatic N) is 2. The molecule has 5 nitrogen and oxygen atoms in total. The summed E-state index contributed by atoms with van der Waals surface area (Å²) in [5.41, 5.74) is 2.73. The molecule has 0 aliphatic rings. The summed E-state index contributed by atoms with van der Waals surface area (Å²) in [7, 11) is 0. The van der Waals surface area contributed by atoms with E-state index < -0.39 is 5.91 Å². The minimum atomic E-state index is -0.398. The van der Waals surface area contributed by atoms with E-state index in [9.17, 15) is 9.90 Å². The monoisotopic (exact) mass is 355 g/mol. The second kappa shape index (κ2) is 7.17. The molecule has 1 heterocycles. The third-order valence-electron chi connectivity index (χ3n) is 4.17. The highest BCUT2D eigenvalue weighted by molar-refractivity contribution is 6.06. The Bertz CT molecular complexity index is 1070. The Morgan fingerprint density at radius 1 is 0.852 bits per heavy atom. The van der Waals surface area contributed by atoms with E-state index in [2.05, 4.69) is 10.4 Å². The van der Waals surface area contributed by atoms with Gasteiger partial charge in [0.2, 0.25) is 0 Å². The maximum atomic E-state index is 12.7. The van der Waals surface area contributed by atoms with Crippen molar-refractivity contribution in [3.05, 3.63) is 96.6 Å². The molecule has 2 N–H and O–H groups in total. The zero-order chi connectivity index (χ0) is 18.6. The number of aromatic hydroxyl groups is 1. The lowest BCUT2D eigenvalue weighted by molar-refractivity contribution is 0.102. The van der Waals surface area contributed by atoms with Crippen molar-refractivity contribution in [1.82, 2.24) is 9.78 Å². The lowest BCUT2D eigenvalue weighted by Crippen LogP contribution is -2.15. The fourth-order valence-electron chi connectivity index (χ4n) is 2.84. The molecule has 0 aliphatic heterocycles. The minimum absolute atomic E-state index is 0.0657. The molecule has 1 aromatic heterocycles. The van der Waals surface area contributed by atoms with Crippen molar-refractivity contribution in [2.24, 2.45) is 0 Å². The van der Waals surface area contributed by atoms with Gasteiger partial charge in [-0.1, -0.05) is 60.7 Å². The highest BCUT2D eigenvalue weighted by Crippen LogP contribution is 2.26. The highest BCUT2D eigenvalue weighted by Gasteiger charge is 2.16. The Hall–Kier alpha value is -3.86. The molecule has 0 unspecified atom stereocenters. The van der Waals surface area contributed by atoms with Gasteiger partial charge in [-0.05, 0) is 24.3 Å². The molecule has 0 fully saturated rings. The number of phenolic OH excluding ortho intramolecular Hbond substituents is 1. The molecule has 0 bridgehead atoms. The van der Waals surface area contributed by atoms with Gasteiger partial charge in [0.05, 0.1) is 16.9 Å². The van der Waals surface area contributed by atoms with Crippen LogP contribution in [0.3, 0.4) is 0 Å². The molecule has 0 aliphatic carbocycles. The summed E-state index contributed by atoms with van der Waals surface area (Å²) in [6.45, 7) is 0. The number of carbonyl (C=O) groups is 1. The minimum Gasteiger partial charge on any atom is -0.507 e. The summed E-state index contributed by atoms with van der Waals surface area (Å²) in [6, 6.07) is 27.6. The molecule has 3 aromatic carbocycles. The van der Waals surface area contributed by atoms with Crippen LogP contribution in [0.25, 0.3) is 16.9 Å². The molecule has 0 saturated carbocycles. The van der Waals surface area contributed by atoms with Crippen LogP contribution in [0, 0.1) is 0 Å². The molecule has 1 amide bonds. The molecular formula is C22H17N3O2. The third-order valence-corrected chi connectivity index (χ3v) is 4.17. The Balaban J connectivity index is 1.76. The first-order valence-corrected chi connectivity index (χ1v) is 8.52. The number of amides is 1. The van der Waals surface area contributed by atoms with Crippen LogP contribution in [0.4, 0.5) is 5.82 Å². The fourth-order valence-corrected chi connectivity index (χ4v) is 2.84. The van der Waals surface area contributed by atoms with Crippen molar-refractivity contribution in [2.75, 3.05) is 5.32 Å². The van der Waals surface area contributed by atoms with Crippen molar-refractivity contribution < 1.29 is 9.90 Å². The van der Waals surface area contributed by atoms with Crippen LogP contribution < -0.4 is 5.32 Å². The van der Waals surface area contributed by atoms with Crippen molar-refractivity contribution >= 4 is 11.7 Å². The summed E-state index contributed by atoms with van der Waals surface area (Å²) in [5.74, 6) is 0.0576. The number of aromatic nitrogens is 2. The largest absolute Gasteiger partial charge is 0.507 e. The highest BCUT2D eigenvalue weighted by atomic mass is 16.3. The molecule has 4 rings (SSSR count). The number of anilines is 1. The van der Waals surface area contributed by atoms with Crippen LogP contribution in [0.2, 0.25) is 0 Å². The second-order valence-electron chi connectivity index (χ2n) is 6.00. The smallest absolute Gasteiger partial charge is 0.260 e. The first-order valence-electron chi connectivity index (χ1n) is 8.52. The second-order valence-corrected chi connectivity index (χ2v) is 6.00. The van der Waals surface area contributed by atoms with Gasteiger partial charge in [0.25, 0.3) is 5.91 Å². The van der Waals surface area contributed by atoms with Crippen LogP contribution in [0.5, 0.6) is 5.75 Å². The first-order chi connectivity index (χ1) is 13.2. The van der Waals surface area contributed by atoms with Gasteiger partial charge < -0.3 is 10.4 Å². The predicted octanol–water partition coefficient (Wildman–Crippen LogP) is 4.50. The Labute approximate surface area is 156 Å². The van der Waals surface area contributed by atoms with Gasteiger partial charge in [0.1, 0.15) is 11.6 Å². The zero-order valence-electron chi connectivity index (χ0n) is 14.4. The summed E-state index contributed by atoms with van der Waals surface area (Å²) >= 11 is 0. The summed E-state index contributed by atoms with van der Waals surface area (Å²) < 4.78 is 1.68. The van der Waals surface area contributed by atoms with Gasteiger partial charge in [0.15, 0.2) is 0 Å². The number of rotatable bonds is 4. The van der Waals surface area contributed by atoms with E-state index in [4.69, 9.17) is 0 Å². The molecule has 5 heteroatoms. The van der Waals surface area contributed by atoms with Crippen LogP contribution in [-0.2, 0) is 0 Å². The fraction of sp³-hybridized carbons (Fsp3) is 0. The van der Waals surface area contributed by atoms with Gasteiger partial charge >= 0.3 is 0 Å². The Morgan fingerprint density at radius 2 is 1.48 bits per heavy atom. The maximum Gasteiger partial charge on any atom is 0.260 e. The number of benzene rings is 3. The van der Waals surface area contributed by atoms with E-state index in [1.165, 1.54) is 6.07 Å². The summed E-state index contributed by atoms with van der Waals surface area (Å²) in [5, 5.41) is 17.5. The predicted molar refractivity (Wildman–Crippen MR) is 105 cm³/mol. The quantitative estimate of drug-likeness (QED) is 0.566. The Morgan fingerprint density at radius 3 is 2.19 bits per heavy atom. The van der Waals surface area contributed by atoms with Gasteiger partial charge in [-0.25, -0.2) is 4.68 Å². The van der Waals surface area contributed by atoms with E-state index in [0.29, 0.717) is 5.82 Å². The molecule has 4 aromatic rings. The number of phenols is 1. The van der Waals surface area contributed by atoms with Gasteiger partial charge in [-0.15, -0.1) is 0 Å². The number of para-hydroxylation sites is 2. The number of nitrogens with one attached hydrogen (secondary N) is 1. The van der Waals surface area contributed by atoms with E-state index in [0.717, 1.165) is 16.9 Å². The van der Waals surface area contributed by atoms with E-state index in [-0.39, 0.29) is 11.3 Å². The van der Waals surface area contributed by atoms with Crippen molar-refractivity contribution in [2.45, 2.75) is 0 Å². The molecule has 0 atom stereocenters.